The molecule has 0 aromatic heterocycles. The van der Waals surface area contributed by atoms with Crippen LogP contribution < -0.4 is 0 Å². The van der Waals surface area contributed by atoms with E-state index in [9.17, 15) is 0 Å². The average molecular weight is 177 g/mol. The van der Waals surface area contributed by atoms with Gasteiger partial charge in [-0.05, 0) is 55.3 Å². The highest BCUT2D eigenvalue weighted by Crippen LogP contribution is 2.76. The second-order valence-electron chi connectivity index (χ2n) is 5.65. The van der Waals surface area contributed by atoms with Crippen LogP contribution in [0.5, 0.6) is 0 Å². The molecule has 4 rings (SSSR count). The van der Waals surface area contributed by atoms with Gasteiger partial charge in [0, 0.05) is 5.92 Å². The molecule has 4 atom stereocenters. The molecule has 0 heterocycles. The van der Waals surface area contributed by atoms with Crippen LogP contribution in [0.2, 0.25) is 0 Å². The number of rotatable bonds is 0. The molecule has 2 heteroatoms. The van der Waals surface area contributed by atoms with E-state index in [1.165, 1.54) is 25.7 Å². The Hall–Kier alpha value is -0.530. The molecule has 0 aromatic rings. The van der Waals surface area contributed by atoms with Crippen molar-refractivity contribution in [2.75, 3.05) is 0 Å². The number of oxime groups is 1. The minimum absolute atomic E-state index is 0.686. The monoisotopic (exact) mass is 177 g/mol. The summed E-state index contributed by atoms with van der Waals surface area (Å²) in [6.45, 7) is 0. The number of hydrogen-bond acceptors (Lipinski definition) is 2. The Kier molecular flexibility index (Phi) is 0.946. The molecule has 0 aliphatic heterocycles. The van der Waals surface area contributed by atoms with Crippen molar-refractivity contribution in [3.05, 3.63) is 0 Å². The summed E-state index contributed by atoms with van der Waals surface area (Å²) in [5.41, 5.74) is 1.95. The van der Waals surface area contributed by atoms with E-state index in [0.717, 1.165) is 35.3 Å². The first kappa shape index (κ1) is 6.86. The molecule has 1 spiro atoms. The first-order valence-corrected chi connectivity index (χ1v) is 5.55. The van der Waals surface area contributed by atoms with Crippen molar-refractivity contribution in [2.45, 2.75) is 32.1 Å². The Labute approximate surface area is 78.0 Å². The normalized spacial score (nSPS) is 56.8. The summed E-state index contributed by atoms with van der Waals surface area (Å²) in [5, 5.41) is 12.3. The van der Waals surface area contributed by atoms with Gasteiger partial charge in [-0.3, -0.25) is 0 Å². The van der Waals surface area contributed by atoms with Crippen LogP contribution in [0.15, 0.2) is 5.16 Å². The van der Waals surface area contributed by atoms with Gasteiger partial charge in [0.15, 0.2) is 0 Å². The maximum Gasteiger partial charge on any atom is 0.0607 e. The fraction of sp³-hybridized carbons (Fsp3) is 0.909. The van der Waals surface area contributed by atoms with Crippen molar-refractivity contribution in [3.8, 4) is 0 Å². The molecule has 0 saturated heterocycles. The van der Waals surface area contributed by atoms with E-state index in [-0.39, 0.29) is 0 Å². The molecule has 0 radical (unpaired) electrons. The zero-order valence-corrected chi connectivity index (χ0v) is 7.74. The van der Waals surface area contributed by atoms with Crippen LogP contribution in [-0.2, 0) is 0 Å². The summed E-state index contributed by atoms with van der Waals surface area (Å²) in [5.74, 6) is 3.55. The maximum atomic E-state index is 8.85. The summed E-state index contributed by atoms with van der Waals surface area (Å²) in [4.78, 5) is 0. The quantitative estimate of drug-likeness (QED) is 0.447. The van der Waals surface area contributed by atoms with Gasteiger partial charge >= 0.3 is 0 Å². The molecule has 13 heavy (non-hydrogen) atoms. The van der Waals surface area contributed by atoms with Crippen LogP contribution in [-0.4, -0.2) is 10.9 Å². The van der Waals surface area contributed by atoms with Crippen molar-refractivity contribution in [2.24, 2.45) is 34.2 Å². The van der Waals surface area contributed by atoms with Crippen LogP contribution >= 0.6 is 0 Å². The van der Waals surface area contributed by atoms with Gasteiger partial charge in [-0.25, -0.2) is 0 Å². The molecular weight excluding hydrogens is 162 g/mol. The maximum absolute atomic E-state index is 8.85. The smallest absolute Gasteiger partial charge is 0.0607 e. The van der Waals surface area contributed by atoms with Crippen LogP contribution in [0.3, 0.4) is 0 Å². The first-order chi connectivity index (χ1) is 6.34. The Bertz CT molecular complexity index is 303. The predicted molar refractivity (Wildman–Crippen MR) is 48.7 cm³/mol. The SMILES string of the molecule is O/N=C1\C[C@H]2C[C@H]1[C@H]1CC3(CC3)[C@@H]21. The van der Waals surface area contributed by atoms with E-state index in [1.54, 1.807) is 0 Å². The van der Waals surface area contributed by atoms with Gasteiger partial charge in [0.2, 0.25) is 0 Å². The third-order valence-corrected chi connectivity index (χ3v) is 5.31. The summed E-state index contributed by atoms with van der Waals surface area (Å²) in [6, 6.07) is 0. The minimum Gasteiger partial charge on any atom is -0.411 e. The van der Waals surface area contributed by atoms with E-state index in [2.05, 4.69) is 5.16 Å². The molecule has 2 bridgehead atoms. The van der Waals surface area contributed by atoms with E-state index in [0.29, 0.717) is 5.92 Å². The molecule has 4 fully saturated rings. The zero-order valence-electron chi connectivity index (χ0n) is 7.74. The van der Waals surface area contributed by atoms with Gasteiger partial charge in [-0.1, -0.05) is 5.16 Å². The lowest BCUT2D eigenvalue weighted by Gasteiger charge is -2.48. The largest absolute Gasteiger partial charge is 0.411 e. The highest BCUT2D eigenvalue weighted by molar-refractivity contribution is 5.90. The Morgan fingerprint density at radius 2 is 2.23 bits per heavy atom. The highest BCUT2D eigenvalue weighted by Gasteiger charge is 2.70. The summed E-state index contributed by atoms with van der Waals surface area (Å²) in [7, 11) is 0. The molecule has 4 aliphatic rings. The Balaban J connectivity index is 1.70. The topological polar surface area (TPSA) is 32.6 Å². The van der Waals surface area contributed by atoms with Crippen LogP contribution in [0.1, 0.15) is 32.1 Å². The fourth-order valence-electron chi connectivity index (χ4n) is 4.74. The van der Waals surface area contributed by atoms with Crippen LogP contribution in [0.25, 0.3) is 0 Å². The van der Waals surface area contributed by atoms with Gasteiger partial charge in [0.25, 0.3) is 0 Å². The Morgan fingerprint density at radius 3 is 2.85 bits per heavy atom. The number of hydrogen-bond donors (Lipinski definition) is 1. The molecule has 2 nitrogen and oxygen atoms in total. The van der Waals surface area contributed by atoms with Gasteiger partial charge in [0.1, 0.15) is 0 Å². The third kappa shape index (κ3) is 0.598. The van der Waals surface area contributed by atoms with Crippen molar-refractivity contribution < 1.29 is 5.21 Å². The van der Waals surface area contributed by atoms with Crippen molar-refractivity contribution >= 4 is 5.71 Å². The third-order valence-electron chi connectivity index (χ3n) is 5.31. The standard InChI is InChI=1S/C11H15NO/c13-12-9-4-6-3-7(9)8-5-11(1-2-11)10(6)8/h6-8,10,13H,1-5H2/b12-9+/t6-,7+,8-,10+/m1/s1. The van der Waals surface area contributed by atoms with Gasteiger partial charge in [-0.15, -0.1) is 0 Å². The molecule has 0 amide bonds. The molecule has 0 unspecified atom stereocenters. The minimum atomic E-state index is 0.686. The molecule has 0 aromatic carbocycles. The van der Waals surface area contributed by atoms with Gasteiger partial charge in [-0.2, -0.15) is 0 Å². The predicted octanol–water partition coefficient (Wildman–Crippen LogP) is 2.27. The first-order valence-electron chi connectivity index (χ1n) is 5.55. The number of nitrogens with zero attached hydrogens (tertiary/aromatic N) is 1. The second kappa shape index (κ2) is 1.79. The van der Waals surface area contributed by atoms with E-state index in [4.69, 9.17) is 5.21 Å². The lowest BCUT2D eigenvalue weighted by atomic mass is 9.56. The lowest BCUT2D eigenvalue weighted by molar-refractivity contribution is 0.0265. The summed E-state index contributed by atoms with van der Waals surface area (Å²) in [6.07, 6.45) is 6.92. The highest BCUT2D eigenvalue weighted by atomic mass is 16.4. The number of fused-ring (bicyclic) bond motifs is 6. The van der Waals surface area contributed by atoms with Crippen molar-refractivity contribution in [1.29, 1.82) is 0 Å². The molecule has 1 N–H and O–H groups in total. The molecule has 4 aliphatic carbocycles. The second-order valence-corrected chi connectivity index (χ2v) is 5.65. The zero-order chi connectivity index (χ0) is 8.63. The average Bonchev–Trinajstić information content (AvgIpc) is 2.76. The summed E-state index contributed by atoms with van der Waals surface area (Å²) >= 11 is 0. The van der Waals surface area contributed by atoms with E-state index < -0.39 is 0 Å². The van der Waals surface area contributed by atoms with Crippen LogP contribution in [0, 0.1) is 29.1 Å². The van der Waals surface area contributed by atoms with E-state index >= 15 is 0 Å². The van der Waals surface area contributed by atoms with Gasteiger partial charge < -0.3 is 5.21 Å². The van der Waals surface area contributed by atoms with Crippen LogP contribution in [0.4, 0.5) is 0 Å². The van der Waals surface area contributed by atoms with Crippen molar-refractivity contribution in [3.63, 3.8) is 0 Å². The fourth-order valence-corrected chi connectivity index (χ4v) is 4.74. The van der Waals surface area contributed by atoms with E-state index in [1.807, 2.05) is 0 Å². The molecule has 4 saturated carbocycles. The van der Waals surface area contributed by atoms with Gasteiger partial charge in [0.05, 0.1) is 5.71 Å². The lowest BCUT2D eigenvalue weighted by Crippen LogP contribution is -2.45. The molecule has 70 valence electrons. The summed E-state index contributed by atoms with van der Waals surface area (Å²) < 4.78 is 0. The molecular formula is C11H15NO. The Morgan fingerprint density at radius 1 is 1.38 bits per heavy atom. The van der Waals surface area contributed by atoms with Crippen molar-refractivity contribution in [1.82, 2.24) is 0 Å².